The first-order chi connectivity index (χ1) is 14.1. The molecule has 5 heterocycles. The molecule has 4 nitrogen and oxygen atoms in total. The fraction of sp³-hybridized carbons (Fsp3) is 0.0833. The number of rotatable bonds is 2. The molecule has 3 aromatic heterocycles. The van der Waals surface area contributed by atoms with Crippen LogP contribution in [0.4, 0.5) is 0 Å². The van der Waals surface area contributed by atoms with Gasteiger partial charge in [-0.1, -0.05) is 19.6 Å². The van der Waals surface area contributed by atoms with Gasteiger partial charge in [-0.05, 0) is 78.2 Å². The second-order valence-corrected chi connectivity index (χ2v) is 6.87. The lowest BCUT2D eigenvalue weighted by molar-refractivity contribution is 1.16. The van der Waals surface area contributed by atoms with Crippen LogP contribution in [0, 0.1) is 0 Å². The standard InChI is InChI=1S/C24H20N4/c1-3-15-9-21-12-19-6-5-17(25-19)11-18-7-8-20(26-18)13-23-16(4-2)10-22(28-23)14-24(15)27-21/h4-14,27-28H,2-3H2,1H3/i9D. The zero-order valence-electron chi connectivity index (χ0n) is 16.6. The minimum Gasteiger partial charge on any atom is -0.355 e. The van der Waals surface area contributed by atoms with Crippen LogP contribution in [0.5, 0.6) is 0 Å². The number of hydrogen-bond donors (Lipinski definition) is 2. The number of aryl methyl sites for hydroxylation is 1. The average molecular weight is 365 g/mol. The van der Waals surface area contributed by atoms with E-state index in [-0.39, 0.29) is 0 Å². The summed E-state index contributed by atoms with van der Waals surface area (Å²) < 4.78 is 8.59. The summed E-state index contributed by atoms with van der Waals surface area (Å²) in [6.07, 6.45) is 10.5. The predicted octanol–water partition coefficient (Wildman–Crippen LogP) is 5.86. The Morgan fingerprint density at radius 2 is 1.50 bits per heavy atom. The molecule has 2 aliphatic heterocycles. The average Bonchev–Trinajstić information content (AvgIpc) is 3.46. The lowest BCUT2D eigenvalue weighted by Crippen LogP contribution is -1.77. The first kappa shape index (κ1) is 15.4. The Morgan fingerprint density at radius 1 is 0.857 bits per heavy atom. The Balaban J connectivity index is 1.92. The van der Waals surface area contributed by atoms with Gasteiger partial charge in [-0.2, -0.15) is 0 Å². The van der Waals surface area contributed by atoms with E-state index in [9.17, 15) is 0 Å². The van der Waals surface area contributed by atoms with Crippen LogP contribution in [0.15, 0.2) is 43.0 Å². The van der Waals surface area contributed by atoms with Crippen LogP contribution >= 0.6 is 0 Å². The van der Waals surface area contributed by atoms with Crippen LogP contribution in [-0.4, -0.2) is 19.9 Å². The van der Waals surface area contributed by atoms with Crippen LogP contribution in [0.3, 0.4) is 0 Å². The Morgan fingerprint density at radius 3 is 2.18 bits per heavy atom. The first-order valence-corrected chi connectivity index (χ1v) is 9.36. The number of hydrogen-bond acceptors (Lipinski definition) is 2. The monoisotopic (exact) mass is 365 g/mol. The molecule has 2 aliphatic rings. The van der Waals surface area contributed by atoms with Crippen molar-refractivity contribution in [3.63, 3.8) is 0 Å². The quantitative estimate of drug-likeness (QED) is 0.411. The van der Waals surface area contributed by atoms with E-state index in [0.29, 0.717) is 6.04 Å². The fourth-order valence-corrected chi connectivity index (χ4v) is 3.54. The number of aromatic amines is 2. The minimum atomic E-state index is 0.515. The van der Waals surface area contributed by atoms with Gasteiger partial charge in [0, 0.05) is 22.1 Å². The Hall–Kier alpha value is -3.66. The van der Waals surface area contributed by atoms with Crippen LogP contribution < -0.4 is 0 Å². The van der Waals surface area contributed by atoms with Gasteiger partial charge in [0.05, 0.1) is 24.1 Å². The Labute approximate surface area is 164 Å². The van der Waals surface area contributed by atoms with Crippen molar-refractivity contribution in [3.8, 4) is 0 Å². The normalized spacial score (nSPS) is 13.0. The molecule has 136 valence electrons. The lowest BCUT2D eigenvalue weighted by Gasteiger charge is -1.89. The molecule has 0 atom stereocenters. The van der Waals surface area contributed by atoms with Crippen molar-refractivity contribution < 1.29 is 1.37 Å². The molecule has 28 heavy (non-hydrogen) atoms. The topological polar surface area (TPSA) is 57.4 Å². The number of H-pyrrole nitrogens is 2. The Kier molecular flexibility index (Phi) is 3.57. The van der Waals surface area contributed by atoms with E-state index in [2.05, 4.69) is 39.5 Å². The SMILES string of the molecule is [2H]c1c(CC)c2cc3cc(C=C)c(cc4nc(cc5nc(cc1[nH]2)C=C5)C=C4)[nH]3. The van der Waals surface area contributed by atoms with E-state index >= 15 is 0 Å². The molecule has 3 aromatic rings. The van der Waals surface area contributed by atoms with E-state index in [1.165, 1.54) is 0 Å². The number of nitrogens with zero attached hydrogens (tertiary/aromatic N) is 2. The molecule has 0 fully saturated rings. The van der Waals surface area contributed by atoms with Crippen molar-refractivity contribution in [3.05, 3.63) is 76.9 Å². The molecule has 8 bridgehead atoms. The largest absolute Gasteiger partial charge is 0.355 e. The molecular formula is C24H20N4. The Bertz CT molecular complexity index is 1370. The summed E-state index contributed by atoms with van der Waals surface area (Å²) in [7, 11) is 0. The summed E-state index contributed by atoms with van der Waals surface area (Å²) in [5, 5.41) is 0. The van der Waals surface area contributed by atoms with Gasteiger partial charge in [-0.25, -0.2) is 9.97 Å². The van der Waals surface area contributed by atoms with Crippen molar-refractivity contribution in [1.29, 1.82) is 0 Å². The van der Waals surface area contributed by atoms with Gasteiger partial charge in [0.1, 0.15) is 0 Å². The minimum absolute atomic E-state index is 0.515. The van der Waals surface area contributed by atoms with Crippen molar-refractivity contribution in [2.24, 2.45) is 0 Å². The molecule has 4 heteroatoms. The molecular weight excluding hydrogens is 344 g/mol. The molecule has 2 N–H and O–H groups in total. The predicted molar refractivity (Wildman–Crippen MR) is 118 cm³/mol. The molecule has 0 aromatic carbocycles. The van der Waals surface area contributed by atoms with Crippen molar-refractivity contribution in [2.45, 2.75) is 13.3 Å². The molecule has 0 saturated carbocycles. The summed E-state index contributed by atoms with van der Waals surface area (Å²) in [5.41, 5.74) is 9.02. The van der Waals surface area contributed by atoms with Crippen LogP contribution in [0.25, 0.3) is 52.4 Å². The van der Waals surface area contributed by atoms with Crippen LogP contribution in [0.1, 0.15) is 42.2 Å². The smallest absolute Gasteiger partial charge is 0.0659 e. The molecule has 0 unspecified atom stereocenters. The van der Waals surface area contributed by atoms with Gasteiger partial charge in [0.25, 0.3) is 0 Å². The van der Waals surface area contributed by atoms with E-state index in [1.807, 2.05) is 54.6 Å². The van der Waals surface area contributed by atoms with Crippen molar-refractivity contribution >= 4 is 52.4 Å². The molecule has 5 rings (SSSR count). The first-order valence-electron chi connectivity index (χ1n) is 9.86. The summed E-state index contributed by atoms with van der Waals surface area (Å²) >= 11 is 0. The third-order valence-corrected chi connectivity index (χ3v) is 4.90. The van der Waals surface area contributed by atoms with Gasteiger partial charge in [-0.3, -0.25) is 0 Å². The molecule has 0 amide bonds. The second kappa shape index (κ2) is 6.50. The van der Waals surface area contributed by atoms with E-state index in [4.69, 9.17) is 1.37 Å². The second-order valence-electron chi connectivity index (χ2n) is 6.87. The molecule has 0 aliphatic carbocycles. The van der Waals surface area contributed by atoms with Crippen molar-refractivity contribution in [1.82, 2.24) is 19.9 Å². The van der Waals surface area contributed by atoms with Gasteiger partial charge >= 0.3 is 0 Å². The summed E-state index contributed by atoms with van der Waals surface area (Å²) in [4.78, 5) is 16.2. The van der Waals surface area contributed by atoms with Crippen LogP contribution in [-0.2, 0) is 6.42 Å². The van der Waals surface area contributed by atoms with E-state index in [1.54, 1.807) is 0 Å². The van der Waals surface area contributed by atoms with Gasteiger partial charge in [0.2, 0.25) is 0 Å². The molecule has 0 spiro atoms. The highest BCUT2D eigenvalue weighted by molar-refractivity contribution is 5.81. The third-order valence-electron chi connectivity index (χ3n) is 4.90. The number of nitrogens with one attached hydrogen (secondary N) is 2. The maximum atomic E-state index is 8.59. The highest BCUT2D eigenvalue weighted by Gasteiger charge is 2.05. The zero-order valence-corrected chi connectivity index (χ0v) is 15.6. The van der Waals surface area contributed by atoms with Crippen molar-refractivity contribution in [2.75, 3.05) is 0 Å². The lowest BCUT2D eigenvalue weighted by atomic mass is 10.2. The van der Waals surface area contributed by atoms with Gasteiger partial charge in [-0.15, -0.1) is 0 Å². The summed E-state index contributed by atoms with van der Waals surface area (Å²) in [6.45, 7) is 6.01. The van der Waals surface area contributed by atoms with Gasteiger partial charge in [0.15, 0.2) is 0 Å². The van der Waals surface area contributed by atoms with E-state index in [0.717, 1.165) is 62.4 Å². The summed E-state index contributed by atoms with van der Waals surface area (Å²) in [5.74, 6) is 0. The highest BCUT2D eigenvalue weighted by Crippen LogP contribution is 2.21. The van der Waals surface area contributed by atoms with Gasteiger partial charge < -0.3 is 9.97 Å². The number of aromatic nitrogens is 4. The molecule has 0 saturated heterocycles. The van der Waals surface area contributed by atoms with E-state index < -0.39 is 0 Å². The molecule has 0 radical (unpaired) electrons. The maximum Gasteiger partial charge on any atom is 0.0659 e. The highest BCUT2D eigenvalue weighted by atomic mass is 14.8. The maximum absolute atomic E-state index is 8.59. The van der Waals surface area contributed by atoms with Crippen LogP contribution in [0.2, 0.25) is 0 Å². The third kappa shape index (κ3) is 2.99. The number of fused-ring (bicyclic) bond motifs is 8. The zero-order chi connectivity index (χ0) is 20.0. The fourth-order valence-electron chi connectivity index (χ4n) is 3.54. The summed E-state index contributed by atoms with van der Waals surface area (Å²) in [6, 6.07) is 10.5.